The van der Waals surface area contributed by atoms with E-state index in [0.717, 1.165) is 51.0 Å². The highest BCUT2D eigenvalue weighted by molar-refractivity contribution is 5.72. The number of hydrogen-bond donors (Lipinski definition) is 1. The van der Waals surface area contributed by atoms with Gasteiger partial charge in [0.15, 0.2) is 0 Å². The van der Waals surface area contributed by atoms with Gasteiger partial charge in [0.05, 0.1) is 19.1 Å². The number of hydrogen-bond acceptors (Lipinski definition) is 4. The Kier molecular flexibility index (Phi) is 6.23. The Morgan fingerprint density at radius 3 is 2.81 bits per heavy atom. The number of ether oxygens (including phenoxy) is 1. The molecule has 0 atom stereocenters. The van der Waals surface area contributed by atoms with E-state index >= 15 is 0 Å². The van der Waals surface area contributed by atoms with Crippen molar-refractivity contribution in [1.29, 1.82) is 0 Å². The van der Waals surface area contributed by atoms with Crippen LogP contribution >= 0.6 is 0 Å². The van der Waals surface area contributed by atoms with E-state index in [1.54, 1.807) is 0 Å². The lowest BCUT2D eigenvalue weighted by atomic mass is 9.86. The average molecular weight is 293 g/mol. The Morgan fingerprint density at radius 2 is 2.14 bits per heavy atom. The highest BCUT2D eigenvalue weighted by atomic mass is 16.5. The maximum absolute atomic E-state index is 11.7. The molecule has 1 aliphatic rings. The van der Waals surface area contributed by atoms with Crippen LogP contribution in [-0.4, -0.2) is 28.2 Å². The number of rotatable bonds is 7. The van der Waals surface area contributed by atoms with Crippen LogP contribution in [0.2, 0.25) is 0 Å². The van der Waals surface area contributed by atoms with Gasteiger partial charge in [0.1, 0.15) is 5.82 Å². The molecule has 1 fully saturated rings. The predicted molar refractivity (Wildman–Crippen MR) is 81.7 cm³/mol. The van der Waals surface area contributed by atoms with Crippen molar-refractivity contribution in [1.82, 2.24) is 14.9 Å². The monoisotopic (exact) mass is 293 g/mol. The van der Waals surface area contributed by atoms with E-state index in [1.807, 2.05) is 19.3 Å². The van der Waals surface area contributed by atoms with Crippen molar-refractivity contribution >= 4 is 5.97 Å². The maximum Gasteiger partial charge on any atom is 0.308 e. The zero-order chi connectivity index (χ0) is 15.1. The molecule has 1 aliphatic carbocycles. The summed E-state index contributed by atoms with van der Waals surface area (Å²) in [5.74, 6) is 1.18. The van der Waals surface area contributed by atoms with E-state index in [9.17, 15) is 4.79 Å². The van der Waals surface area contributed by atoms with Gasteiger partial charge in [-0.1, -0.05) is 6.92 Å². The molecule has 0 amide bonds. The second-order valence-electron chi connectivity index (χ2n) is 5.72. The van der Waals surface area contributed by atoms with Crippen LogP contribution in [0.25, 0.3) is 0 Å². The number of esters is 1. The van der Waals surface area contributed by atoms with Gasteiger partial charge in [-0.2, -0.15) is 0 Å². The third kappa shape index (κ3) is 4.56. The van der Waals surface area contributed by atoms with Crippen LogP contribution in [0.5, 0.6) is 0 Å². The summed E-state index contributed by atoms with van der Waals surface area (Å²) in [5.41, 5.74) is 0. The largest absolute Gasteiger partial charge is 0.466 e. The third-order valence-corrected chi connectivity index (χ3v) is 4.16. The molecule has 118 valence electrons. The van der Waals surface area contributed by atoms with Crippen LogP contribution in [0.3, 0.4) is 0 Å². The molecule has 1 aromatic rings. The Bertz CT molecular complexity index is 436. The van der Waals surface area contributed by atoms with E-state index in [2.05, 4.69) is 21.8 Å². The molecule has 5 heteroatoms. The first-order valence-electron chi connectivity index (χ1n) is 8.14. The third-order valence-electron chi connectivity index (χ3n) is 4.16. The maximum atomic E-state index is 11.7. The lowest BCUT2D eigenvalue weighted by Gasteiger charge is -2.27. The molecule has 0 spiro atoms. The van der Waals surface area contributed by atoms with E-state index in [-0.39, 0.29) is 11.9 Å². The first-order chi connectivity index (χ1) is 10.2. The molecular weight excluding hydrogens is 266 g/mol. The number of nitrogens with zero attached hydrogens (tertiary/aromatic N) is 2. The minimum atomic E-state index is -0.0190. The highest BCUT2D eigenvalue weighted by Crippen LogP contribution is 2.25. The molecular formula is C16H27N3O2. The SMILES string of the molecule is CCCn1ccnc1CNC1CCC(C(=O)OCC)CC1. The summed E-state index contributed by atoms with van der Waals surface area (Å²) in [4.78, 5) is 16.1. The van der Waals surface area contributed by atoms with Gasteiger partial charge in [0.25, 0.3) is 0 Å². The van der Waals surface area contributed by atoms with Gasteiger partial charge in [0.2, 0.25) is 0 Å². The van der Waals surface area contributed by atoms with Crippen LogP contribution in [0, 0.1) is 5.92 Å². The summed E-state index contributed by atoms with van der Waals surface area (Å²) in [7, 11) is 0. The number of carbonyl (C=O) groups is 1. The van der Waals surface area contributed by atoms with Crippen molar-refractivity contribution in [2.45, 2.75) is 65.1 Å². The minimum absolute atomic E-state index is 0.0190. The normalized spacial score (nSPS) is 22.2. The fourth-order valence-electron chi connectivity index (χ4n) is 2.98. The fourth-order valence-corrected chi connectivity index (χ4v) is 2.98. The summed E-state index contributed by atoms with van der Waals surface area (Å²) in [6, 6.07) is 0.488. The second-order valence-corrected chi connectivity index (χ2v) is 5.72. The van der Waals surface area contributed by atoms with Gasteiger partial charge in [-0.05, 0) is 39.0 Å². The molecule has 0 aromatic carbocycles. The molecule has 1 N–H and O–H groups in total. The predicted octanol–water partition coefficient (Wildman–Crippen LogP) is 2.50. The van der Waals surface area contributed by atoms with Crippen LogP contribution in [-0.2, 0) is 22.6 Å². The molecule has 1 aromatic heterocycles. The molecule has 2 rings (SSSR count). The number of nitrogens with one attached hydrogen (secondary N) is 1. The molecule has 0 aliphatic heterocycles. The number of aromatic nitrogens is 2. The standard InChI is InChI=1S/C16H27N3O2/c1-3-10-19-11-9-17-15(19)12-18-14-7-5-13(6-8-14)16(20)21-4-2/h9,11,13-14,18H,3-8,10,12H2,1-2H3. The fraction of sp³-hybridized carbons (Fsp3) is 0.750. The summed E-state index contributed by atoms with van der Waals surface area (Å²) in [5, 5.41) is 3.58. The summed E-state index contributed by atoms with van der Waals surface area (Å²) in [6.45, 7) is 6.35. The van der Waals surface area contributed by atoms with Crippen LogP contribution in [0.15, 0.2) is 12.4 Å². The molecule has 0 saturated heterocycles. The van der Waals surface area contributed by atoms with Gasteiger partial charge in [-0.25, -0.2) is 4.98 Å². The number of aryl methyl sites for hydroxylation is 1. The lowest BCUT2D eigenvalue weighted by Crippen LogP contribution is -2.35. The average Bonchev–Trinajstić information content (AvgIpc) is 2.94. The van der Waals surface area contributed by atoms with Crippen molar-refractivity contribution in [2.75, 3.05) is 6.61 Å². The topological polar surface area (TPSA) is 56.2 Å². The van der Waals surface area contributed by atoms with Crippen molar-refractivity contribution < 1.29 is 9.53 Å². The van der Waals surface area contributed by atoms with Crippen LogP contribution in [0.1, 0.15) is 51.8 Å². The Balaban J connectivity index is 1.73. The van der Waals surface area contributed by atoms with Crippen molar-refractivity contribution in [2.24, 2.45) is 5.92 Å². The lowest BCUT2D eigenvalue weighted by molar-refractivity contribution is -0.149. The van der Waals surface area contributed by atoms with Gasteiger partial charge < -0.3 is 14.6 Å². The molecule has 5 nitrogen and oxygen atoms in total. The first kappa shape index (κ1) is 16.0. The van der Waals surface area contributed by atoms with E-state index in [4.69, 9.17) is 4.74 Å². The molecule has 0 bridgehead atoms. The molecule has 0 radical (unpaired) electrons. The summed E-state index contributed by atoms with van der Waals surface area (Å²) in [6.07, 6.45) is 8.96. The first-order valence-corrected chi connectivity index (χ1v) is 8.14. The molecule has 1 heterocycles. The molecule has 1 saturated carbocycles. The number of carbonyl (C=O) groups excluding carboxylic acids is 1. The van der Waals surface area contributed by atoms with Crippen molar-refractivity contribution in [3.63, 3.8) is 0 Å². The van der Waals surface area contributed by atoms with Crippen molar-refractivity contribution in [3.05, 3.63) is 18.2 Å². The van der Waals surface area contributed by atoms with Crippen LogP contribution < -0.4 is 5.32 Å². The minimum Gasteiger partial charge on any atom is -0.466 e. The quantitative estimate of drug-likeness (QED) is 0.785. The zero-order valence-electron chi connectivity index (χ0n) is 13.2. The molecule has 0 unspecified atom stereocenters. The molecule has 21 heavy (non-hydrogen) atoms. The number of imidazole rings is 1. The summed E-state index contributed by atoms with van der Waals surface area (Å²) < 4.78 is 7.31. The Hall–Kier alpha value is -1.36. The Morgan fingerprint density at radius 1 is 1.38 bits per heavy atom. The van der Waals surface area contributed by atoms with Gasteiger partial charge >= 0.3 is 5.97 Å². The zero-order valence-corrected chi connectivity index (χ0v) is 13.2. The van der Waals surface area contributed by atoms with E-state index in [1.165, 1.54) is 0 Å². The van der Waals surface area contributed by atoms with Gasteiger partial charge in [-0.15, -0.1) is 0 Å². The van der Waals surface area contributed by atoms with Crippen molar-refractivity contribution in [3.8, 4) is 0 Å². The second kappa shape index (κ2) is 8.17. The summed E-state index contributed by atoms with van der Waals surface area (Å²) >= 11 is 0. The van der Waals surface area contributed by atoms with E-state index in [0.29, 0.717) is 12.6 Å². The van der Waals surface area contributed by atoms with Crippen LogP contribution in [0.4, 0.5) is 0 Å². The van der Waals surface area contributed by atoms with E-state index < -0.39 is 0 Å². The van der Waals surface area contributed by atoms with Gasteiger partial charge in [-0.3, -0.25) is 4.79 Å². The van der Waals surface area contributed by atoms with Gasteiger partial charge in [0, 0.05) is 25.0 Å². The smallest absolute Gasteiger partial charge is 0.308 e. The highest BCUT2D eigenvalue weighted by Gasteiger charge is 2.27. The Labute approximate surface area is 127 Å².